The number of ether oxygens (including phenoxy) is 1. The molecule has 0 saturated carbocycles. The monoisotopic (exact) mass is 367 g/mol. The molecule has 0 bridgehead atoms. The van der Waals surface area contributed by atoms with Crippen LogP contribution in [-0.2, 0) is 28.8 Å². The van der Waals surface area contributed by atoms with Crippen molar-refractivity contribution in [3.63, 3.8) is 0 Å². The zero-order valence-corrected chi connectivity index (χ0v) is 16.5. The molecule has 0 saturated heterocycles. The number of carbonyl (C=O) groups excluding carboxylic acids is 2. The molecule has 0 fully saturated rings. The molecule has 0 aromatic carbocycles. The maximum absolute atomic E-state index is 11.9. The van der Waals surface area contributed by atoms with E-state index in [2.05, 4.69) is 5.32 Å². The summed E-state index contributed by atoms with van der Waals surface area (Å²) < 4.78 is 5.22. The van der Waals surface area contributed by atoms with E-state index in [1.807, 2.05) is 11.3 Å². The van der Waals surface area contributed by atoms with Crippen molar-refractivity contribution >= 4 is 23.3 Å². The van der Waals surface area contributed by atoms with E-state index in [1.54, 1.807) is 27.8 Å². The van der Waals surface area contributed by atoms with Crippen molar-refractivity contribution in [2.24, 2.45) is 0 Å². The summed E-state index contributed by atoms with van der Waals surface area (Å²) in [6.45, 7) is 5.99. The third kappa shape index (κ3) is 6.65. The van der Waals surface area contributed by atoms with Gasteiger partial charge >= 0.3 is 6.09 Å². The van der Waals surface area contributed by atoms with Crippen LogP contribution in [0.3, 0.4) is 0 Å². The van der Waals surface area contributed by atoms with Crippen LogP contribution in [0.2, 0.25) is 0 Å². The number of aryl methyl sites for hydroxylation is 3. The number of carbonyl (C=O) groups is 2. The highest BCUT2D eigenvalue weighted by Gasteiger charge is 2.21. The van der Waals surface area contributed by atoms with E-state index in [1.165, 1.54) is 39.7 Å². The van der Waals surface area contributed by atoms with Crippen LogP contribution in [0.15, 0.2) is 0 Å². The highest BCUT2D eigenvalue weighted by Crippen LogP contribution is 2.27. The van der Waals surface area contributed by atoms with Gasteiger partial charge in [-0.05, 0) is 52.9 Å². The Labute approximate surface area is 154 Å². The SMILES string of the molecule is CN(CC(=O)NCCCc1nc2c(s1)CCCC2)C(=O)OC(C)(C)C. The molecule has 0 aliphatic heterocycles. The van der Waals surface area contributed by atoms with Crippen LogP contribution in [-0.4, -0.2) is 47.6 Å². The summed E-state index contributed by atoms with van der Waals surface area (Å²) in [6.07, 6.45) is 6.05. The molecule has 0 radical (unpaired) electrons. The quantitative estimate of drug-likeness (QED) is 0.785. The van der Waals surface area contributed by atoms with Crippen LogP contribution in [0.1, 0.15) is 55.6 Å². The minimum Gasteiger partial charge on any atom is -0.444 e. The maximum Gasteiger partial charge on any atom is 0.410 e. The molecular formula is C18H29N3O3S. The number of rotatable bonds is 6. The Kier molecular flexibility index (Phi) is 6.81. The summed E-state index contributed by atoms with van der Waals surface area (Å²) in [7, 11) is 1.56. The number of hydrogen-bond donors (Lipinski definition) is 1. The zero-order valence-electron chi connectivity index (χ0n) is 15.7. The highest BCUT2D eigenvalue weighted by molar-refractivity contribution is 7.11. The summed E-state index contributed by atoms with van der Waals surface area (Å²) in [5.41, 5.74) is 0.726. The molecule has 0 atom stereocenters. The van der Waals surface area contributed by atoms with Crippen LogP contribution in [0, 0.1) is 0 Å². The zero-order chi connectivity index (χ0) is 18.4. The van der Waals surface area contributed by atoms with Crippen molar-refractivity contribution < 1.29 is 14.3 Å². The molecule has 2 rings (SSSR count). The predicted molar refractivity (Wildman–Crippen MR) is 99.0 cm³/mol. The van der Waals surface area contributed by atoms with Crippen molar-refractivity contribution in [3.05, 3.63) is 15.6 Å². The van der Waals surface area contributed by atoms with E-state index in [0.29, 0.717) is 6.54 Å². The first-order valence-corrected chi connectivity index (χ1v) is 9.74. The van der Waals surface area contributed by atoms with Gasteiger partial charge in [-0.2, -0.15) is 0 Å². The van der Waals surface area contributed by atoms with E-state index in [-0.39, 0.29) is 12.5 Å². The molecule has 2 amide bonds. The van der Waals surface area contributed by atoms with E-state index >= 15 is 0 Å². The van der Waals surface area contributed by atoms with Crippen molar-refractivity contribution in [1.29, 1.82) is 0 Å². The van der Waals surface area contributed by atoms with Gasteiger partial charge in [0.15, 0.2) is 0 Å². The summed E-state index contributed by atoms with van der Waals surface area (Å²) in [5, 5.41) is 4.02. The molecule has 1 aliphatic rings. The van der Waals surface area contributed by atoms with Gasteiger partial charge in [-0.3, -0.25) is 4.79 Å². The molecule has 1 N–H and O–H groups in total. The molecule has 7 heteroatoms. The van der Waals surface area contributed by atoms with Crippen LogP contribution < -0.4 is 5.32 Å². The fourth-order valence-corrected chi connectivity index (χ4v) is 3.85. The van der Waals surface area contributed by atoms with Crippen LogP contribution >= 0.6 is 11.3 Å². The van der Waals surface area contributed by atoms with Gasteiger partial charge in [0, 0.05) is 24.9 Å². The molecule has 0 spiro atoms. The highest BCUT2D eigenvalue weighted by atomic mass is 32.1. The maximum atomic E-state index is 11.9. The lowest BCUT2D eigenvalue weighted by Gasteiger charge is -2.24. The van der Waals surface area contributed by atoms with E-state index in [4.69, 9.17) is 9.72 Å². The van der Waals surface area contributed by atoms with Crippen molar-refractivity contribution in [2.75, 3.05) is 20.1 Å². The summed E-state index contributed by atoms with van der Waals surface area (Å²) in [6, 6.07) is 0. The number of amides is 2. The topological polar surface area (TPSA) is 71.5 Å². The Morgan fingerprint density at radius 2 is 2.00 bits per heavy atom. The molecule has 140 valence electrons. The average Bonchev–Trinajstić information content (AvgIpc) is 2.92. The predicted octanol–water partition coefficient (Wildman–Crippen LogP) is 2.94. The minimum atomic E-state index is -0.561. The number of likely N-dealkylation sites (N-methyl/N-ethyl adjacent to an activating group) is 1. The van der Waals surface area contributed by atoms with Crippen molar-refractivity contribution in [3.8, 4) is 0 Å². The fraction of sp³-hybridized carbons (Fsp3) is 0.722. The number of aromatic nitrogens is 1. The lowest BCUT2D eigenvalue weighted by atomic mass is 10.0. The van der Waals surface area contributed by atoms with Gasteiger partial charge in [0.1, 0.15) is 12.1 Å². The second kappa shape index (κ2) is 8.65. The fourth-order valence-electron chi connectivity index (χ4n) is 2.66. The normalized spacial score (nSPS) is 13.9. The second-order valence-corrected chi connectivity index (χ2v) is 8.64. The second-order valence-electron chi connectivity index (χ2n) is 7.47. The molecule has 1 aliphatic carbocycles. The standard InChI is InChI=1S/C18H29N3O3S/c1-18(2,3)24-17(23)21(4)12-15(22)19-11-7-10-16-20-13-8-5-6-9-14(13)25-16/h5-12H2,1-4H3,(H,19,22). The molecule has 1 heterocycles. The number of nitrogens with zero attached hydrogens (tertiary/aromatic N) is 2. The smallest absolute Gasteiger partial charge is 0.410 e. The first kappa shape index (κ1) is 19.7. The summed E-state index contributed by atoms with van der Waals surface area (Å²) in [5.74, 6) is -0.174. The van der Waals surface area contributed by atoms with Gasteiger partial charge < -0.3 is 15.0 Å². The van der Waals surface area contributed by atoms with Crippen LogP contribution in [0.25, 0.3) is 0 Å². The average molecular weight is 368 g/mol. The van der Waals surface area contributed by atoms with Crippen LogP contribution in [0.5, 0.6) is 0 Å². The van der Waals surface area contributed by atoms with Crippen molar-refractivity contribution in [2.45, 2.75) is 64.9 Å². The van der Waals surface area contributed by atoms with Gasteiger partial charge in [0.25, 0.3) is 0 Å². The Bertz CT molecular complexity index is 584. The minimum absolute atomic E-state index is 0.000458. The number of fused-ring (bicyclic) bond motifs is 1. The Hall–Kier alpha value is -1.63. The Balaban J connectivity index is 1.65. The largest absolute Gasteiger partial charge is 0.444 e. The van der Waals surface area contributed by atoms with E-state index < -0.39 is 11.7 Å². The van der Waals surface area contributed by atoms with Gasteiger partial charge in [-0.25, -0.2) is 9.78 Å². The molecular weight excluding hydrogens is 338 g/mol. The first-order chi connectivity index (χ1) is 11.7. The third-order valence-corrected chi connectivity index (χ3v) is 5.08. The lowest BCUT2D eigenvalue weighted by molar-refractivity contribution is -0.122. The number of nitrogens with one attached hydrogen (secondary N) is 1. The number of hydrogen-bond acceptors (Lipinski definition) is 5. The Morgan fingerprint density at radius 3 is 2.68 bits per heavy atom. The molecule has 1 aromatic heterocycles. The molecule has 25 heavy (non-hydrogen) atoms. The van der Waals surface area contributed by atoms with Gasteiger partial charge in [-0.15, -0.1) is 11.3 Å². The van der Waals surface area contributed by atoms with Gasteiger partial charge in [-0.1, -0.05) is 0 Å². The first-order valence-electron chi connectivity index (χ1n) is 8.93. The third-order valence-electron chi connectivity index (χ3n) is 3.87. The van der Waals surface area contributed by atoms with E-state index in [9.17, 15) is 9.59 Å². The lowest BCUT2D eigenvalue weighted by Crippen LogP contribution is -2.41. The van der Waals surface area contributed by atoms with Gasteiger partial charge in [0.05, 0.1) is 10.7 Å². The van der Waals surface area contributed by atoms with Crippen molar-refractivity contribution in [1.82, 2.24) is 15.2 Å². The van der Waals surface area contributed by atoms with E-state index in [0.717, 1.165) is 19.3 Å². The Morgan fingerprint density at radius 1 is 1.28 bits per heavy atom. The molecule has 6 nitrogen and oxygen atoms in total. The molecule has 0 unspecified atom stereocenters. The van der Waals surface area contributed by atoms with Gasteiger partial charge in [0.2, 0.25) is 5.91 Å². The summed E-state index contributed by atoms with van der Waals surface area (Å²) >= 11 is 1.82. The van der Waals surface area contributed by atoms with Crippen LogP contribution in [0.4, 0.5) is 4.79 Å². The molecule has 1 aromatic rings. The number of thiazole rings is 1. The summed E-state index contributed by atoms with van der Waals surface area (Å²) in [4.78, 5) is 31.2.